The summed E-state index contributed by atoms with van der Waals surface area (Å²) in [5, 5.41) is 12.7. The molecule has 0 aromatic carbocycles. The van der Waals surface area contributed by atoms with Gasteiger partial charge in [0.25, 0.3) is 0 Å². The van der Waals surface area contributed by atoms with Crippen LogP contribution >= 0.6 is 7.82 Å². The van der Waals surface area contributed by atoms with Crippen LogP contribution < -0.4 is 5.32 Å². The molecular formula is C42H76NO8P. The number of ether oxygens (including phenoxy) is 1. The number of amides is 1. The second-order valence-corrected chi connectivity index (χ2v) is 15.1. The minimum absolute atomic E-state index is 0.0747. The highest BCUT2D eigenvalue weighted by Crippen LogP contribution is 2.42. The number of rotatable bonds is 38. The molecular weight excluding hydrogens is 677 g/mol. The Labute approximate surface area is 317 Å². The number of phosphoric ester groups is 1. The van der Waals surface area contributed by atoms with Gasteiger partial charge in [0.2, 0.25) is 5.91 Å². The Bertz CT molecular complexity index is 996. The maximum absolute atomic E-state index is 12.1. The fraction of sp³-hybridized carbons (Fsp3) is 0.762. The van der Waals surface area contributed by atoms with Crippen molar-refractivity contribution in [2.24, 2.45) is 0 Å². The van der Waals surface area contributed by atoms with E-state index in [1.54, 1.807) is 0 Å². The zero-order valence-corrected chi connectivity index (χ0v) is 33.9. The van der Waals surface area contributed by atoms with Crippen molar-refractivity contribution >= 4 is 19.7 Å². The predicted molar refractivity (Wildman–Crippen MR) is 215 cm³/mol. The number of esters is 1. The highest BCUT2D eigenvalue weighted by molar-refractivity contribution is 7.47. The Morgan fingerprint density at radius 2 is 1.08 bits per heavy atom. The molecule has 0 rings (SSSR count). The summed E-state index contributed by atoms with van der Waals surface area (Å²) in [5.41, 5.74) is 0. The van der Waals surface area contributed by atoms with Crippen LogP contribution in [0.3, 0.4) is 0 Å². The van der Waals surface area contributed by atoms with Gasteiger partial charge in [0.05, 0.1) is 13.2 Å². The molecule has 2 unspecified atom stereocenters. The van der Waals surface area contributed by atoms with E-state index >= 15 is 0 Å². The fourth-order valence-electron chi connectivity index (χ4n) is 5.33. The van der Waals surface area contributed by atoms with Crippen molar-refractivity contribution in [1.29, 1.82) is 0 Å². The number of hydrogen-bond acceptors (Lipinski definition) is 7. The first-order valence-corrected chi connectivity index (χ1v) is 22.1. The standard InChI is InChI=1S/C42H76NO8P/c1-3-5-7-9-11-13-15-16-17-18-19-20-21-22-23-24-25-27-29-31-33-35-42(46)49-38-40(44)39-51-52(47,48)50-37-36-43-41(45)34-32-30-28-26-14-12-10-8-6-4-2/h8,10-11,13,16-17,19-20,40,44H,3-7,9,12,14-15,18,21-39H2,1-2H3,(H,43,45)(H,47,48)/b10-8-,13-11-,17-16-,20-19-. The number of carbonyl (C=O) groups is 2. The van der Waals surface area contributed by atoms with Crippen LogP contribution in [0.25, 0.3) is 0 Å². The zero-order chi connectivity index (χ0) is 38.2. The summed E-state index contributed by atoms with van der Waals surface area (Å²) in [6.07, 6.45) is 43.3. The van der Waals surface area contributed by atoms with Gasteiger partial charge in [-0.25, -0.2) is 4.57 Å². The SMILES string of the molecule is CCC/C=C\CCCCCCCC(=O)NCCOP(=O)(O)OCC(O)COC(=O)CCCCCCCCCC/C=C\C/C=C\C/C=C\CCCCC. The van der Waals surface area contributed by atoms with Crippen molar-refractivity contribution in [3.63, 3.8) is 0 Å². The van der Waals surface area contributed by atoms with Gasteiger partial charge in [0.1, 0.15) is 12.7 Å². The van der Waals surface area contributed by atoms with E-state index in [2.05, 4.69) is 67.8 Å². The maximum atomic E-state index is 12.1. The van der Waals surface area contributed by atoms with Gasteiger partial charge in [-0.3, -0.25) is 18.6 Å². The molecule has 0 spiro atoms. The van der Waals surface area contributed by atoms with E-state index in [9.17, 15) is 24.2 Å². The molecule has 0 radical (unpaired) electrons. The normalized spacial score (nSPS) is 13.8. The molecule has 0 saturated carbocycles. The minimum atomic E-state index is -4.41. The van der Waals surface area contributed by atoms with Crippen molar-refractivity contribution in [3.8, 4) is 0 Å². The second-order valence-electron chi connectivity index (χ2n) is 13.6. The van der Waals surface area contributed by atoms with Crippen LogP contribution in [0.1, 0.15) is 174 Å². The number of nitrogens with one attached hydrogen (secondary N) is 1. The number of unbranched alkanes of at least 4 members (excludes halogenated alkanes) is 17. The first-order chi connectivity index (χ1) is 25.3. The number of phosphoric acid groups is 1. The molecule has 52 heavy (non-hydrogen) atoms. The molecule has 2 atom stereocenters. The predicted octanol–water partition coefficient (Wildman–Crippen LogP) is 11.2. The van der Waals surface area contributed by atoms with E-state index in [-0.39, 0.29) is 32.1 Å². The van der Waals surface area contributed by atoms with E-state index in [1.165, 1.54) is 64.2 Å². The Hall–Kier alpha value is -2.03. The highest BCUT2D eigenvalue weighted by Gasteiger charge is 2.23. The second kappa shape index (κ2) is 38.7. The minimum Gasteiger partial charge on any atom is -0.463 e. The quantitative estimate of drug-likeness (QED) is 0.0246. The summed E-state index contributed by atoms with van der Waals surface area (Å²) >= 11 is 0. The molecule has 0 aromatic heterocycles. The lowest BCUT2D eigenvalue weighted by Gasteiger charge is -2.15. The molecule has 1 amide bonds. The van der Waals surface area contributed by atoms with E-state index in [0.29, 0.717) is 6.42 Å². The third-order valence-electron chi connectivity index (χ3n) is 8.46. The first kappa shape index (κ1) is 50.0. The summed E-state index contributed by atoms with van der Waals surface area (Å²) in [4.78, 5) is 33.8. The lowest BCUT2D eigenvalue weighted by Crippen LogP contribution is -2.27. The monoisotopic (exact) mass is 754 g/mol. The van der Waals surface area contributed by atoms with Crippen LogP contribution in [0.15, 0.2) is 48.6 Å². The van der Waals surface area contributed by atoms with E-state index in [4.69, 9.17) is 13.8 Å². The Morgan fingerprint density at radius 3 is 1.65 bits per heavy atom. The van der Waals surface area contributed by atoms with Gasteiger partial charge in [-0.05, 0) is 70.6 Å². The van der Waals surface area contributed by atoms with Gasteiger partial charge in [0.15, 0.2) is 0 Å². The van der Waals surface area contributed by atoms with Crippen LogP contribution in [0.5, 0.6) is 0 Å². The van der Waals surface area contributed by atoms with Crippen molar-refractivity contribution in [2.75, 3.05) is 26.4 Å². The topological polar surface area (TPSA) is 131 Å². The number of hydrogen-bond donors (Lipinski definition) is 3. The molecule has 0 aromatic rings. The molecule has 3 N–H and O–H groups in total. The summed E-state index contributed by atoms with van der Waals surface area (Å²) in [6, 6.07) is 0. The molecule has 0 aliphatic heterocycles. The number of carbonyl (C=O) groups excluding carboxylic acids is 2. The molecule has 10 heteroatoms. The lowest BCUT2D eigenvalue weighted by molar-refractivity contribution is -0.147. The average Bonchev–Trinajstić information content (AvgIpc) is 3.13. The number of aliphatic hydroxyl groups is 1. The molecule has 0 fully saturated rings. The summed E-state index contributed by atoms with van der Waals surface area (Å²) in [5.74, 6) is -0.537. The number of allylic oxidation sites excluding steroid dienone is 8. The first-order valence-electron chi connectivity index (χ1n) is 20.6. The maximum Gasteiger partial charge on any atom is 0.472 e. The van der Waals surface area contributed by atoms with Crippen molar-refractivity contribution in [1.82, 2.24) is 5.32 Å². The van der Waals surface area contributed by atoms with Crippen LogP contribution in [-0.4, -0.2) is 54.3 Å². The Kier molecular flexibility index (Phi) is 37.2. The lowest BCUT2D eigenvalue weighted by atomic mass is 10.1. The molecule has 302 valence electrons. The molecule has 0 heterocycles. The summed E-state index contributed by atoms with van der Waals surface area (Å²) in [6.45, 7) is 3.43. The molecule has 0 bridgehead atoms. The van der Waals surface area contributed by atoms with Crippen molar-refractivity contribution in [2.45, 2.75) is 180 Å². The summed E-state index contributed by atoms with van der Waals surface area (Å²) < 4.78 is 26.8. The van der Waals surface area contributed by atoms with Gasteiger partial charge in [-0.2, -0.15) is 0 Å². The van der Waals surface area contributed by atoms with Gasteiger partial charge >= 0.3 is 13.8 Å². The average molecular weight is 754 g/mol. The van der Waals surface area contributed by atoms with E-state index in [1.807, 2.05) is 0 Å². The third kappa shape index (κ3) is 39.2. The Balaban J connectivity index is 3.62. The highest BCUT2D eigenvalue weighted by atomic mass is 31.2. The molecule has 0 aliphatic carbocycles. The largest absolute Gasteiger partial charge is 0.472 e. The molecule has 9 nitrogen and oxygen atoms in total. The molecule has 0 saturated heterocycles. The Morgan fingerprint density at radius 1 is 0.596 bits per heavy atom. The van der Waals surface area contributed by atoms with Crippen LogP contribution in [0.2, 0.25) is 0 Å². The summed E-state index contributed by atoms with van der Waals surface area (Å²) in [7, 11) is -4.41. The van der Waals surface area contributed by atoms with Gasteiger partial charge in [0, 0.05) is 19.4 Å². The van der Waals surface area contributed by atoms with E-state index < -0.39 is 26.5 Å². The van der Waals surface area contributed by atoms with Crippen molar-refractivity contribution < 1.29 is 37.9 Å². The smallest absolute Gasteiger partial charge is 0.463 e. The zero-order valence-electron chi connectivity index (χ0n) is 33.0. The molecule has 0 aliphatic rings. The number of aliphatic hydroxyl groups excluding tert-OH is 1. The van der Waals surface area contributed by atoms with Gasteiger partial charge in [-0.1, -0.05) is 140 Å². The van der Waals surface area contributed by atoms with Gasteiger partial charge in [-0.15, -0.1) is 0 Å². The van der Waals surface area contributed by atoms with Crippen LogP contribution in [0, 0.1) is 0 Å². The fourth-order valence-corrected chi connectivity index (χ4v) is 6.09. The van der Waals surface area contributed by atoms with Crippen LogP contribution in [0.4, 0.5) is 0 Å². The van der Waals surface area contributed by atoms with Crippen molar-refractivity contribution in [3.05, 3.63) is 48.6 Å². The van der Waals surface area contributed by atoms with E-state index in [0.717, 1.165) is 83.5 Å². The van der Waals surface area contributed by atoms with Gasteiger partial charge < -0.3 is 20.1 Å². The van der Waals surface area contributed by atoms with Crippen LogP contribution in [-0.2, 0) is 27.9 Å². The third-order valence-corrected chi connectivity index (χ3v) is 9.45.